The van der Waals surface area contributed by atoms with Crippen LogP contribution in [-0.4, -0.2) is 24.2 Å². The highest BCUT2D eigenvalue weighted by Gasteiger charge is 2.43. The fourth-order valence-electron chi connectivity index (χ4n) is 2.35. The molecule has 0 radical (unpaired) electrons. The molecule has 1 fully saturated rings. The third kappa shape index (κ3) is 1.36. The van der Waals surface area contributed by atoms with E-state index in [4.69, 9.17) is 6.15 Å². The Morgan fingerprint density at radius 2 is 2.31 bits per heavy atom. The minimum Gasteiger partial charge on any atom is -0.438 e. The Morgan fingerprint density at radius 1 is 1.50 bits per heavy atom. The topological polar surface area (TPSA) is 63.2 Å². The summed E-state index contributed by atoms with van der Waals surface area (Å²) < 4.78 is 13.1. The number of aromatic nitrogens is 1. The number of fused-ring (bicyclic) bond motifs is 2. The molecule has 0 atom stereocenters. The molecule has 5 heteroatoms. The maximum absolute atomic E-state index is 11.5. The van der Waals surface area contributed by atoms with Gasteiger partial charge in [-0.2, -0.15) is 0 Å². The van der Waals surface area contributed by atoms with Gasteiger partial charge in [0.05, 0.1) is 0 Å². The molecule has 2 N–H and O–H groups in total. The standard InChI is InChI=1S/C11H13N3O2/c15-10-14-9-8(2-1-5-13-9)11(16-10)3-6-12-7-4-11/h1-2,5,12H,3-4,6-7H2,(H,13,14,15)/i/hD. The highest BCUT2D eigenvalue weighted by Crippen LogP contribution is 2.40. The Morgan fingerprint density at radius 3 is 3.12 bits per heavy atom. The number of rotatable bonds is 0. The van der Waals surface area contributed by atoms with Gasteiger partial charge in [-0.15, -0.1) is 0 Å². The first-order valence-electron chi connectivity index (χ1n) is 5.84. The normalized spacial score (nSPS) is 24.2. The van der Waals surface area contributed by atoms with Gasteiger partial charge < -0.3 is 10.0 Å². The van der Waals surface area contributed by atoms with E-state index in [0.29, 0.717) is 31.7 Å². The van der Waals surface area contributed by atoms with E-state index < -0.39 is 11.7 Å². The molecule has 3 heterocycles. The van der Waals surface area contributed by atoms with Crippen LogP contribution >= 0.6 is 0 Å². The van der Waals surface area contributed by atoms with Gasteiger partial charge >= 0.3 is 6.09 Å². The molecule has 2 aliphatic heterocycles. The molecule has 3 rings (SSSR count). The monoisotopic (exact) mass is 220 g/mol. The van der Waals surface area contributed by atoms with Gasteiger partial charge in [0.2, 0.25) is 0 Å². The van der Waals surface area contributed by atoms with E-state index in [1.807, 2.05) is 12.1 Å². The molecule has 1 aromatic rings. The number of nitrogens with one attached hydrogen (secondary N) is 2. The zero-order valence-corrected chi connectivity index (χ0v) is 8.77. The summed E-state index contributed by atoms with van der Waals surface area (Å²) in [7, 11) is 0. The lowest BCUT2D eigenvalue weighted by molar-refractivity contribution is -0.0130. The predicted octanol–water partition coefficient (Wildman–Crippen LogP) is 1.22. The second kappa shape index (κ2) is 3.45. The summed E-state index contributed by atoms with van der Waals surface area (Å²) in [5, 5.41) is 4.11. The van der Waals surface area contributed by atoms with Crippen molar-refractivity contribution in [3.05, 3.63) is 23.9 Å². The zero-order chi connectivity index (χ0) is 11.9. The van der Waals surface area contributed by atoms with Crippen molar-refractivity contribution < 1.29 is 10.9 Å². The van der Waals surface area contributed by atoms with E-state index in [1.165, 1.54) is 5.31 Å². The Balaban J connectivity index is 2.02. The van der Waals surface area contributed by atoms with Crippen molar-refractivity contribution in [1.29, 1.82) is 0 Å². The number of anilines is 1. The van der Waals surface area contributed by atoms with E-state index in [9.17, 15) is 4.79 Å². The third-order valence-electron chi connectivity index (χ3n) is 3.15. The van der Waals surface area contributed by atoms with E-state index in [0.717, 1.165) is 5.56 Å². The van der Waals surface area contributed by atoms with E-state index >= 15 is 0 Å². The van der Waals surface area contributed by atoms with Gasteiger partial charge in [0.25, 0.3) is 0 Å². The van der Waals surface area contributed by atoms with E-state index in [-0.39, 0.29) is 0 Å². The molecule has 0 saturated carbocycles. The summed E-state index contributed by atoms with van der Waals surface area (Å²) >= 11 is 0. The minimum atomic E-state index is -0.594. The number of pyridine rings is 1. The molecule has 0 unspecified atom stereocenters. The third-order valence-corrected chi connectivity index (χ3v) is 3.15. The van der Waals surface area contributed by atoms with Crippen molar-refractivity contribution in [2.24, 2.45) is 0 Å². The minimum absolute atomic E-state index is 0.449. The molecule has 1 spiro atoms. The maximum atomic E-state index is 11.5. The molecule has 84 valence electrons. The largest absolute Gasteiger partial charge is 0.438 e. The van der Waals surface area contributed by atoms with Crippen LogP contribution in [0.25, 0.3) is 0 Å². The van der Waals surface area contributed by atoms with Crippen molar-refractivity contribution in [3.8, 4) is 0 Å². The van der Waals surface area contributed by atoms with Crippen LogP contribution in [0.2, 0.25) is 1.41 Å². The summed E-state index contributed by atoms with van der Waals surface area (Å²) in [5.74, 6) is 0.585. The van der Waals surface area contributed by atoms with Crippen molar-refractivity contribution in [2.75, 3.05) is 18.4 Å². The van der Waals surface area contributed by atoms with Crippen LogP contribution in [0.1, 0.15) is 18.4 Å². The Labute approximate surface area is 94.7 Å². The number of hydrogen-bond donors (Lipinski definition) is 2. The fourth-order valence-corrected chi connectivity index (χ4v) is 2.35. The smallest absolute Gasteiger partial charge is 0.413 e. The molecule has 2 aliphatic rings. The van der Waals surface area contributed by atoms with Crippen LogP contribution in [0.15, 0.2) is 18.3 Å². The summed E-state index contributed by atoms with van der Waals surface area (Å²) in [6.45, 7) is 1.20. The van der Waals surface area contributed by atoms with Crippen LogP contribution < -0.4 is 10.6 Å². The number of carbonyl (C=O) groups is 1. The first-order valence-corrected chi connectivity index (χ1v) is 5.39. The van der Waals surface area contributed by atoms with Crippen LogP contribution in [0.3, 0.4) is 0 Å². The Kier molecular flexibility index (Phi) is 1.84. The summed E-state index contributed by atoms with van der Waals surface area (Å²) in [6.07, 6.45) is 2.48. The maximum Gasteiger partial charge on any atom is 0.413 e. The lowest BCUT2D eigenvalue weighted by Gasteiger charge is -2.40. The molecular weight excluding hydrogens is 206 g/mol. The molecule has 0 aromatic carbocycles. The highest BCUT2D eigenvalue weighted by molar-refractivity contribution is 5.87. The van der Waals surface area contributed by atoms with Crippen LogP contribution in [-0.2, 0) is 10.3 Å². The number of carbonyl (C=O) groups excluding carboxylic acids is 1. The average molecular weight is 220 g/mol. The van der Waals surface area contributed by atoms with Gasteiger partial charge in [-0.1, -0.05) is 0 Å². The van der Waals surface area contributed by atoms with Crippen LogP contribution in [0.4, 0.5) is 10.6 Å². The van der Waals surface area contributed by atoms with Crippen molar-refractivity contribution in [3.63, 3.8) is 0 Å². The lowest BCUT2D eigenvalue weighted by atomic mass is 9.84. The summed E-state index contributed by atoms with van der Waals surface area (Å²) in [6, 6.07) is 3.77. The first kappa shape index (κ1) is 8.52. The number of hydrogen-bond acceptors (Lipinski definition) is 4. The quantitative estimate of drug-likeness (QED) is 0.690. The van der Waals surface area contributed by atoms with Crippen molar-refractivity contribution in [2.45, 2.75) is 18.4 Å². The zero-order valence-electron chi connectivity index (χ0n) is 9.77. The van der Waals surface area contributed by atoms with Gasteiger partial charge in [-0.25, -0.2) is 9.78 Å². The number of piperidine rings is 1. The number of ether oxygens (including phenoxy) is 1. The molecule has 1 saturated heterocycles. The van der Waals surface area contributed by atoms with Gasteiger partial charge in [-0.3, -0.25) is 5.32 Å². The number of amides is 1. The Hall–Kier alpha value is -1.62. The second-order valence-electron chi connectivity index (χ2n) is 4.08. The van der Waals surface area contributed by atoms with Crippen molar-refractivity contribution in [1.82, 2.24) is 10.3 Å². The predicted molar refractivity (Wildman–Crippen MR) is 58.1 cm³/mol. The van der Waals surface area contributed by atoms with E-state index in [1.54, 1.807) is 6.20 Å². The molecule has 1 amide bonds. The van der Waals surface area contributed by atoms with Gasteiger partial charge in [0.15, 0.2) is 0 Å². The van der Waals surface area contributed by atoms with Gasteiger partial charge in [0, 0.05) is 24.6 Å². The van der Waals surface area contributed by atoms with E-state index in [2.05, 4.69) is 10.3 Å². The molecule has 1 aromatic heterocycles. The molecule has 0 bridgehead atoms. The average Bonchev–Trinajstić information content (AvgIpc) is 2.33. The van der Waals surface area contributed by atoms with Crippen molar-refractivity contribution >= 4 is 11.9 Å². The Bertz CT molecular complexity index is 458. The molecular formula is C11H13N3O2. The molecule has 0 aliphatic carbocycles. The number of nitrogens with zero attached hydrogens (tertiary/aromatic N) is 1. The summed E-state index contributed by atoms with van der Waals surface area (Å²) in [5.41, 5.74) is 0.330. The second-order valence-corrected chi connectivity index (χ2v) is 4.08. The molecule has 5 nitrogen and oxygen atoms in total. The molecule has 16 heavy (non-hydrogen) atoms. The SMILES string of the molecule is [2H]N1CCC2(CC1)OC(=O)Nc1ncccc12. The van der Waals surface area contributed by atoms with Crippen LogP contribution in [0.5, 0.6) is 0 Å². The fraction of sp³-hybridized carbons (Fsp3) is 0.455. The van der Waals surface area contributed by atoms with Gasteiger partial charge in [0.1, 0.15) is 12.8 Å². The highest BCUT2D eigenvalue weighted by atomic mass is 16.6. The summed E-state index contributed by atoms with van der Waals surface area (Å²) in [4.78, 5) is 15.7. The van der Waals surface area contributed by atoms with Gasteiger partial charge in [-0.05, 0) is 25.2 Å². The first-order chi connectivity index (χ1) is 8.20. The van der Waals surface area contributed by atoms with Crippen LogP contribution in [0, 0.1) is 0 Å². The lowest BCUT2D eigenvalue weighted by Crippen LogP contribution is -2.47.